The van der Waals surface area contributed by atoms with Crippen molar-refractivity contribution in [2.45, 2.75) is 46.8 Å². The second-order valence-electron chi connectivity index (χ2n) is 7.27. The van der Waals surface area contributed by atoms with Crippen molar-refractivity contribution >= 4 is 11.8 Å². The minimum atomic E-state index is -0.493. The van der Waals surface area contributed by atoms with Crippen LogP contribution in [0.25, 0.3) is 0 Å². The Balaban J connectivity index is 1.76. The summed E-state index contributed by atoms with van der Waals surface area (Å²) in [6, 6.07) is 7.07. The van der Waals surface area contributed by atoms with Gasteiger partial charge >= 0.3 is 0 Å². The van der Waals surface area contributed by atoms with Crippen LogP contribution in [-0.4, -0.2) is 32.5 Å². The van der Waals surface area contributed by atoms with Crippen molar-refractivity contribution in [3.8, 4) is 0 Å². The van der Waals surface area contributed by atoms with Gasteiger partial charge in [-0.15, -0.1) is 0 Å². The molecule has 26 heavy (non-hydrogen) atoms. The van der Waals surface area contributed by atoms with Crippen molar-refractivity contribution < 1.29 is 9.59 Å². The lowest BCUT2D eigenvalue weighted by molar-refractivity contribution is -0.127. The van der Waals surface area contributed by atoms with E-state index in [4.69, 9.17) is 0 Å². The minimum absolute atomic E-state index is 0.0179. The van der Waals surface area contributed by atoms with Crippen LogP contribution < -0.4 is 5.32 Å². The topological polar surface area (TPSA) is 67.2 Å². The molecule has 6 heteroatoms. The Hall–Kier alpha value is -2.63. The number of fused-ring (bicyclic) bond motifs is 1. The Morgan fingerprint density at radius 2 is 1.96 bits per heavy atom. The van der Waals surface area contributed by atoms with Gasteiger partial charge in [0.1, 0.15) is 6.04 Å². The molecule has 1 atom stereocenters. The number of benzene rings is 1. The third-order valence-electron chi connectivity index (χ3n) is 5.18. The highest BCUT2D eigenvalue weighted by molar-refractivity contribution is 6.01. The normalized spacial score (nSPS) is 14.7. The van der Waals surface area contributed by atoms with E-state index in [0.717, 1.165) is 22.5 Å². The van der Waals surface area contributed by atoms with Gasteiger partial charge in [-0.2, -0.15) is 5.10 Å². The average molecular weight is 354 g/mol. The van der Waals surface area contributed by atoms with E-state index in [9.17, 15) is 9.59 Å². The molecule has 1 aromatic heterocycles. The number of carbonyl (C=O) groups excluding carboxylic acids is 2. The number of hydrogen-bond acceptors (Lipinski definition) is 3. The fourth-order valence-corrected chi connectivity index (χ4v) is 3.66. The lowest BCUT2D eigenvalue weighted by Gasteiger charge is -2.30. The highest BCUT2D eigenvalue weighted by Gasteiger charge is 2.37. The lowest BCUT2D eigenvalue weighted by Crippen LogP contribution is -2.49. The van der Waals surface area contributed by atoms with E-state index < -0.39 is 6.04 Å². The van der Waals surface area contributed by atoms with Crippen LogP contribution in [-0.2, 0) is 24.9 Å². The maximum absolute atomic E-state index is 12.9. The Morgan fingerprint density at radius 3 is 2.54 bits per heavy atom. The highest BCUT2D eigenvalue weighted by atomic mass is 16.2. The Morgan fingerprint density at radius 1 is 1.27 bits per heavy atom. The van der Waals surface area contributed by atoms with Crippen molar-refractivity contribution in [1.29, 1.82) is 0 Å². The summed E-state index contributed by atoms with van der Waals surface area (Å²) in [5.74, 6) is -0.170. The standard InChI is InChI=1S/C20H26N4O2/c1-12(2)18(24-11-15-8-6-7-9-16(15)20(24)26)19(25)21-10-17-13(3)22-23(5)14(17)4/h6-9,12,18H,10-11H2,1-5H3,(H,21,25)/t18-/m0/s1. The van der Waals surface area contributed by atoms with Crippen LogP contribution in [0.5, 0.6) is 0 Å². The van der Waals surface area contributed by atoms with Gasteiger partial charge in [-0.05, 0) is 31.4 Å². The van der Waals surface area contributed by atoms with Crippen LogP contribution in [0, 0.1) is 19.8 Å². The maximum atomic E-state index is 12.9. The summed E-state index contributed by atoms with van der Waals surface area (Å²) in [5, 5.41) is 7.40. The van der Waals surface area contributed by atoms with E-state index >= 15 is 0 Å². The maximum Gasteiger partial charge on any atom is 0.255 e. The SMILES string of the molecule is Cc1nn(C)c(C)c1CNC(=O)[C@H](C(C)C)N1Cc2ccccc2C1=O. The van der Waals surface area contributed by atoms with E-state index in [0.29, 0.717) is 18.7 Å². The molecule has 0 unspecified atom stereocenters. The van der Waals surface area contributed by atoms with Crippen LogP contribution in [0.4, 0.5) is 0 Å². The van der Waals surface area contributed by atoms with Gasteiger partial charge in [0.05, 0.1) is 5.69 Å². The first-order valence-corrected chi connectivity index (χ1v) is 8.97. The molecular formula is C20H26N4O2. The zero-order chi connectivity index (χ0) is 19.0. The molecule has 0 bridgehead atoms. The number of hydrogen-bond donors (Lipinski definition) is 1. The number of nitrogens with zero attached hydrogens (tertiary/aromatic N) is 3. The van der Waals surface area contributed by atoms with E-state index in [-0.39, 0.29) is 17.7 Å². The van der Waals surface area contributed by atoms with Gasteiger partial charge in [0.15, 0.2) is 0 Å². The molecule has 0 spiro atoms. The average Bonchev–Trinajstić information content (AvgIpc) is 3.03. The number of nitrogens with one attached hydrogen (secondary N) is 1. The fourth-order valence-electron chi connectivity index (χ4n) is 3.66. The monoisotopic (exact) mass is 354 g/mol. The van der Waals surface area contributed by atoms with Crippen molar-refractivity contribution in [1.82, 2.24) is 20.0 Å². The summed E-state index contributed by atoms with van der Waals surface area (Å²) in [6.45, 7) is 8.78. The summed E-state index contributed by atoms with van der Waals surface area (Å²) in [5.41, 5.74) is 4.66. The van der Waals surface area contributed by atoms with E-state index in [1.165, 1.54) is 0 Å². The molecule has 0 aliphatic carbocycles. The summed E-state index contributed by atoms with van der Waals surface area (Å²) in [6.07, 6.45) is 0. The van der Waals surface area contributed by atoms with Crippen molar-refractivity contribution in [2.75, 3.05) is 0 Å². The smallest absolute Gasteiger partial charge is 0.255 e. The van der Waals surface area contributed by atoms with Crippen molar-refractivity contribution in [3.05, 3.63) is 52.3 Å². The van der Waals surface area contributed by atoms with Gasteiger partial charge < -0.3 is 10.2 Å². The largest absolute Gasteiger partial charge is 0.350 e. The van der Waals surface area contributed by atoms with Crippen LogP contribution in [0.2, 0.25) is 0 Å². The van der Waals surface area contributed by atoms with Crippen molar-refractivity contribution in [2.24, 2.45) is 13.0 Å². The predicted octanol–water partition coefficient (Wildman–Crippen LogP) is 2.33. The molecule has 0 radical (unpaired) electrons. The molecule has 2 aromatic rings. The Labute approximate surface area is 154 Å². The fraction of sp³-hybridized carbons (Fsp3) is 0.450. The predicted molar refractivity (Wildman–Crippen MR) is 99.5 cm³/mol. The van der Waals surface area contributed by atoms with E-state index in [1.54, 1.807) is 4.90 Å². The van der Waals surface area contributed by atoms with Crippen LogP contribution >= 0.6 is 0 Å². The number of rotatable bonds is 5. The summed E-state index contributed by atoms with van der Waals surface area (Å²) >= 11 is 0. The number of amides is 2. The van der Waals surface area contributed by atoms with Gasteiger partial charge in [-0.1, -0.05) is 32.0 Å². The highest BCUT2D eigenvalue weighted by Crippen LogP contribution is 2.27. The summed E-state index contributed by atoms with van der Waals surface area (Å²) in [4.78, 5) is 27.4. The molecule has 2 amide bonds. The van der Waals surface area contributed by atoms with Crippen molar-refractivity contribution in [3.63, 3.8) is 0 Å². The molecule has 6 nitrogen and oxygen atoms in total. The van der Waals surface area contributed by atoms with Gasteiger partial charge in [0.25, 0.3) is 5.91 Å². The quantitative estimate of drug-likeness (QED) is 0.896. The third kappa shape index (κ3) is 3.11. The molecular weight excluding hydrogens is 328 g/mol. The van der Waals surface area contributed by atoms with Gasteiger partial charge in [0.2, 0.25) is 5.91 Å². The molecule has 0 fully saturated rings. The number of carbonyl (C=O) groups is 2. The number of aryl methyl sites for hydroxylation is 2. The lowest BCUT2D eigenvalue weighted by atomic mass is 10.0. The van der Waals surface area contributed by atoms with E-state index in [2.05, 4.69) is 10.4 Å². The Bertz CT molecular complexity index is 853. The molecule has 0 saturated carbocycles. The summed E-state index contributed by atoms with van der Waals surface area (Å²) in [7, 11) is 1.89. The summed E-state index contributed by atoms with van der Waals surface area (Å²) < 4.78 is 1.82. The first kappa shape index (κ1) is 18.2. The zero-order valence-corrected chi connectivity index (χ0v) is 16.0. The molecule has 2 heterocycles. The minimum Gasteiger partial charge on any atom is -0.350 e. The molecule has 138 valence electrons. The van der Waals surface area contributed by atoms with Gasteiger partial charge in [-0.25, -0.2) is 0 Å². The molecule has 3 rings (SSSR count). The first-order valence-electron chi connectivity index (χ1n) is 8.97. The van der Waals surface area contributed by atoms with Crippen LogP contribution in [0.15, 0.2) is 24.3 Å². The van der Waals surface area contributed by atoms with Crippen LogP contribution in [0.3, 0.4) is 0 Å². The Kier molecular flexibility index (Phi) is 4.85. The number of aromatic nitrogens is 2. The second kappa shape index (κ2) is 6.94. The first-order chi connectivity index (χ1) is 12.3. The second-order valence-corrected chi connectivity index (χ2v) is 7.27. The van der Waals surface area contributed by atoms with Gasteiger partial charge in [-0.3, -0.25) is 14.3 Å². The zero-order valence-electron chi connectivity index (χ0n) is 16.0. The molecule has 0 saturated heterocycles. The molecule has 1 aliphatic rings. The molecule has 1 aliphatic heterocycles. The van der Waals surface area contributed by atoms with Gasteiger partial charge in [0, 0.05) is 37.0 Å². The third-order valence-corrected chi connectivity index (χ3v) is 5.18. The van der Waals surface area contributed by atoms with E-state index in [1.807, 2.05) is 63.7 Å². The molecule has 1 aromatic carbocycles. The van der Waals surface area contributed by atoms with Crippen LogP contribution in [0.1, 0.15) is 46.7 Å². The molecule has 1 N–H and O–H groups in total.